The fraction of sp³-hybridized carbons (Fsp3) is 0.364. The molecule has 13 heavy (non-hydrogen) atoms. The van der Waals surface area contributed by atoms with Gasteiger partial charge in [0.25, 0.3) is 0 Å². The van der Waals surface area contributed by atoms with Crippen LogP contribution >= 0.6 is 0 Å². The van der Waals surface area contributed by atoms with Gasteiger partial charge in [-0.25, -0.2) is 0 Å². The maximum atomic E-state index is 5.14. The summed E-state index contributed by atoms with van der Waals surface area (Å²) in [5.41, 5.74) is 1.17. The van der Waals surface area contributed by atoms with Gasteiger partial charge in [0.2, 0.25) is 0 Å². The summed E-state index contributed by atoms with van der Waals surface area (Å²) in [4.78, 5) is 2.06. The summed E-state index contributed by atoms with van der Waals surface area (Å²) in [7, 11) is 5.70. The first-order chi connectivity index (χ1) is 6.15. The van der Waals surface area contributed by atoms with Gasteiger partial charge < -0.3 is 9.64 Å². The van der Waals surface area contributed by atoms with E-state index in [1.807, 2.05) is 32.3 Å². The molecule has 0 fully saturated rings. The second-order valence-corrected chi connectivity index (χ2v) is 3.26. The van der Waals surface area contributed by atoms with Crippen molar-refractivity contribution in [3.05, 3.63) is 36.8 Å². The Balaban J connectivity index is 2.88. The lowest BCUT2D eigenvalue weighted by Gasteiger charge is -2.20. The van der Waals surface area contributed by atoms with Crippen LogP contribution in [-0.2, 0) is 0 Å². The van der Waals surface area contributed by atoms with Crippen molar-refractivity contribution in [2.24, 2.45) is 0 Å². The summed E-state index contributed by atoms with van der Waals surface area (Å²) in [6.45, 7) is 4.05. The molecule has 1 rings (SSSR count). The van der Waals surface area contributed by atoms with Crippen molar-refractivity contribution in [3.8, 4) is 5.75 Å². The molecule has 2 heteroatoms. The lowest BCUT2D eigenvalue weighted by molar-refractivity contribution is 0.346. The topological polar surface area (TPSA) is 12.5 Å². The van der Waals surface area contributed by atoms with E-state index in [4.69, 9.17) is 4.74 Å². The smallest absolute Gasteiger partial charge is 0.119 e. The predicted octanol–water partition coefficient (Wildman–Crippen LogP) is 2.13. The zero-order valence-electron chi connectivity index (χ0n) is 8.45. The first-order valence-corrected chi connectivity index (χ1v) is 4.28. The quantitative estimate of drug-likeness (QED) is 0.703. The van der Waals surface area contributed by atoms with Gasteiger partial charge in [-0.1, -0.05) is 12.1 Å². The SMILES string of the molecule is [CH2]C(c1cccc(OC)c1)N(C)C. The Hall–Kier alpha value is -1.02. The largest absolute Gasteiger partial charge is 0.497 e. The average Bonchev–Trinajstić information content (AvgIpc) is 2.16. The van der Waals surface area contributed by atoms with Crippen LogP contribution < -0.4 is 4.74 Å². The van der Waals surface area contributed by atoms with Crippen LogP contribution in [0.3, 0.4) is 0 Å². The summed E-state index contributed by atoms with van der Waals surface area (Å²) in [6.07, 6.45) is 0. The molecular formula is C11H16NO. The highest BCUT2D eigenvalue weighted by molar-refractivity contribution is 5.30. The number of hydrogen-bond donors (Lipinski definition) is 0. The minimum atomic E-state index is 0.176. The molecule has 1 aromatic carbocycles. The van der Waals surface area contributed by atoms with Crippen molar-refractivity contribution in [1.82, 2.24) is 4.90 Å². The Morgan fingerprint density at radius 1 is 1.38 bits per heavy atom. The normalized spacial score (nSPS) is 13.0. The molecule has 0 aliphatic rings. The number of ether oxygens (including phenoxy) is 1. The summed E-state index contributed by atoms with van der Waals surface area (Å²) in [6, 6.07) is 8.16. The van der Waals surface area contributed by atoms with E-state index in [9.17, 15) is 0 Å². The average molecular weight is 178 g/mol. The van der Waals surface area contributed by atoms with Gasteiger partial charge in [-0.15, -0.1) is 0 Å². The highest BCUT2D eigenvalue weighted by atomic mass is 16.5. The van der Waals surface area contributed by atoms with Gasteiger partial charge in [-0.05, 0) is 38.7 Å². The summed E-state index contributed by atoms with van der Waals surface area (Å²) in [5, 5.41) is 0. The molecule has 0 bridgehead atoms. The molecule has 0 spiro atoms. The van der Waals surface area contributed by atoms with Gasteiger partial charge in [-0.2, -0.15) is 0 Å². The zero-order chi connectivity index (χ0) is 9.84. The van der Waals surface area contributed by atoms with E-state index in [0.717, 1.165) is 5.75 Å². The molecule has 1 aromatic rings. The van der Waals surface area contributed by atoms with Crippen LogP contribution in [0.25, 0.3) is 0 Å². The molecule has 0 aliphatic carbocycles. The first kappa shape index (κ1) is 10.1. The lowest BCUT2D eigenvalue weighted by atomic mass is 10.1. The zero-order valence-corrected chi connectivity index (χ0v) is 8.45. The van der Waals surface area contributed by atoms with Crippen molar-refractivity contribution in [2.45, 2.75) is 6.04 Å². The monoisotopic (exact) mass is 178 g/mol. The molecule has 0 heterocycles. The minimum absolute atomic E-state index is 0.176. The standard InChI is InChI=1S/C11H16NO/c1-9(12(2)3)10-6-5-7-11(8-10)13-4/h5-9H,1H2,2-4H3. The van der Waals surface area contributed by atoms with Crippen molar-refractivity contribution >= 4 is 0 Å². The Morgan fingerprint density at radius 2 is 2.08 bits per heavy atom. The Bertz CT molecular complexity index is 271. The molecular weight excluding hydrogens is 162 g/mol. The number of methoxy groups -OCH3 is 1. The van der Waals surface area contributed by atoms with Gasteiger partial charge >= 0.3 is 0 Å². The molecule has 0 N–H and O–H groups in total. The third-order valence-electron chi connectivity index (χ3n) is 2.10. The number of rotatable bonds is 3. The van der Waals surface area contributed by atoms with E-state index < -0.39 is 0 Å². The molecule has 0 amide bonds. The Morgan fingerprint density at radius 3 is 2.62 bits per heavy atom. The van der Waals surface area contributed by atoms with E-state index in [1.54, 1.807) is 7.11 Å². The van der Waals surface area contributed by atoms with Crippen LogP contribution in [0.5, 0.6) is 5.75 Å². The number of benzene rings is 1. The summed E-state index contributed by atoms with van der Waals surface area (Å²) < 4.78 is 5.14. The lowest BCUT2D eigenvalue weighted by Crippen LogP contribution is -2.16. The molecule has 71 valence electrons. The Kier molecular flexibility index (Phi) is 3.32. The van der Waals surface area contributed by atoms with Gasteiger partial charge in [0.1, 0.15) is 5.75 Å². The van der Waals surface area contributed by atoms with E-state index >= 15 is 0 Å². The highest BCUT2D eigenvalue weighted by Crippen LogP contribution is 2.21. The molecule has 1 radical (unpaired) electrons. The second kappa shape index (κ2) is 4.28. The molecule has 1 unspecified atom stereocenters. The van der Waals surface area contributed by atoms with Gasteiger partial charge in [-0.3, -0.25) is 0 Å². The van der Waals surface area contributed by atoms with Crippen LogP contribution in [-0.4, -0.2) is 26.1 Å². The number of hydrogen-bond acceptors (Lipinski definition) is 2. The van der Waals surface area contributed by atoms with E-state index in [2.05, 4.69) is 17.9 Å². The molecule has 2 nitrogen and oxygen atoms in total. The first-order valence-electron chi connectivity index (χ1n) is 4.28. The summed E-state index contributed by atoms with van der Waals surface area (Å²) in [5.74, 6) is 0.882. The van der Waals surface area contributed by atoms with Crippen LogP contribution in [0.4, 0.5) is 0 Å². The molecule has 0 saturated heterocycles. The molecule has 1 atom stereocenters. The van der Waals surface area contributed by atoms with E-state index in [1.165, 1.54) is 5.56 Å². The predicted molar refractivity (Wildman–Crippen MR) is 54.8 cm³/mol. The van der Waals surface area contributed by atoms with Crippen molar-refractivity contribution in [1.29, 1.82) is 0 Å². The van der Waals surface area contributed by atoms with Crippen LogP contribution in [0.2, 0.25) is 0 Å². The van der Waals surface area contributed by atoms with Crippen molar-refractivity contribution < 1.29 is 4.74 Å². The third-order valence-corrected chi connectivity index (χ3v) is 2.10. The maximum absolute atomic E-state index is 5.14. The van der Waals surface area contributed by atoms with Crippen LogP contribution in [0.15, 0.2) is 24.3 Å². The fourth-order valence-corrected chi connectivity index (χ4v) is 1.15. The van der Waals surface area contributed by atoms with E-state index in [0.29, 0.717) is 0 Å². The van der Waals surface area contributed by atoms with Gasteiger partial charge in [0, 0.05) is 6.04 Å². The second-order valence-electron chi connectivity index (χ2n) is 3.26. The molecule has 0 aliphatic heterocycles. The third kappa shape index (κ3) is 2.46. The minimum Gasteiger partial charge on any atom is -0.497 e. The maximum Gasteiger partial charge on any atom is 0.119 e. The summed E-state index contributed by atoms with van der Waals surface area (Å²) >= 11 is 0. The number of nitrogens with zero attached hydrogens (tertiary/aromatic N) is 1. The van der Waals surface area contributed by atoms with Gasteiger partial charge in [0.05, 0.1) is 7.11 Å². The van der Waals surface area contributed by atoms with Crippen molar-refractivity contribution in [3.63, 3.8) is 0 Å². The van der Waals surface area contributed by atoms with Crippen LogP contribution in [0.1, 0.15) is 11.6 Å². The molecule has 0 aromatic heterocycles. The molecule has 0 saturated carbocycles. The van der Waals surface area contributed by atoms with E-state index in [-0.39, 0.29) is 6.04 Å². The highest BCUT2D eigenvalue weighted by Gasteiger charge is 2.07. The van der Waals surface area contributed by atoms with Gasteiger partial charge in [0.15, 0.2) is 0 Å². The Labute approximate surface area is 80.1 Å². The fourth-order valence-electron chi connectivity index (χ4n) is 1.15. The van der Waals surface area contributed by atoms with Crippen molar-refractivity contribution in [2.75, 3.05) is 21.2 Å². The van der Waals surface area contributed by atoms with Crippen LogP contribution in [0, 0.1) is 6.92 Å².